The fourth-order valence-corrected chi connectivity index (χ4v) is 2.47. The molecule has 0 spiro atoms. The first-order valence-electron chi connectivity index (χ1n) is 7.54. The van der Waals surface area contributed by atoms with Crippen molar-refractivity contribution in [1.82, 2.24) is 0 Å². The molecular weight excluding hydrogens is 379 g/mol. The van der Waals surface area contributed by atoms with E-state index in [1.165, 1.54) is 25.3 Å². The van der Waals surface area contributed by atoms with Crippen molar-refractivity contribution in [3.63, 3.8) is 0 Å². The van der Waals surface area contributed by atoms with Gasteiger partial charge in [-0.3, -0.25) is 9.59 Å². The van der Waals surface area contributed by atoms with Gasteiger partial charge >= 0.3 is 5.97 Å². The summed E-state index contributed by atoms with van der Waals surface area (Å²) in [5.41, 5.74) is 1.79. The highest BCUT2D eigenvalue weighted by molar-refractivity contribution is 6.34. The molecule has 0 saturated carbocycles. The molecule has 0 aliphatic rings. The van der Waals surface area contributed by atoms with E-state index in [4.69, 9.17) is 23.2 Å². The standard InChI is InChI=1S/C18H16Cl2N2O4/c1-10-3-5-12(19)8-14(10)21-16(23)9-17(24)22-15-7-11(18(25)26-2)4-6-13(15)20/h3-8H,9H2,1-2H3,(H,21,23)(H,22,24). The van der Waals surface area contributed by atoms with Gasteiger partial charge in [0.25, 0.3) is 0 Å². The highest BCUT2D eigenvalue weighted by atomic mass is 35.5. The molecule has 0 unspecified atom stereocenters. The Balaban J connectivity index is 2.03. The minimum Gasteiger partial charge on any atom is -0.465 e. The van der Waals surface area contributed by atoms with Crippen molar-refractivity contribution in [3.05, 3.63) is 57.6 Å². The molecule has 2 rings (SSSR count). The average molecular weight is 395 g/mol. The van der Waals surface area contributed by atoms with E-state index >= 15 is 0 Å². The van der Waals surface area contributed by atoms with Crippen molar-refractivity contribution >= 4 is 52.4 Å². The Labute approximate surface area is 160 Å². The van der Waals surface area contributed by atoms with Crippen molar-refractivity contribution in [2.45, 2.75) is 13.3 Å². The number of aryl methyl sites for hydroxylation is 1. The van der Waals surface area contributed by atoms with E-state index in [1.54, 1.807) is 18.2 Å². The number of benzene rings is 2. The first-order valence-corrected chi connectivity index (χ1v) is 8.29. The predicted molar refractivity (Wildman–Crippen MR) is 101 cm³/mol. The fraction of sp³-hybridized carbons (Fsp3) is 0.167. The number of carbonyl (C=O) groups is 3. The lowest BCUT2D eigenvalue weighted by atomic mass is 10.2. The normalized spacial score (nSPS) is 10.2. The van der Waals surface area contributed by atoms with Crippen molar-refractivity contribution < 1.29 is 19.1 Å². The number of hydrogen-bond acceptors (Lipinski definition) is 4. The zero-order valence-electron chi connectivity index (χ0n) is 14.1. The molecule has 0 fully saturated rings. The Morgan fingerprint density at radius 2 is 1.62 bits per heavy atom. The van der Waals surface area contributed by atoms with Crippen LogP contribution in [-0.4, -0.2) is 24.9 Å². The molecule has 2 aromatic carbocycles. The van der Waals surface area contributed by atoms with Gasteiger partial charge in [-0.15, -0.1) is 0 Å². The van der Waals surface area contributed by atoms with Gasteiger partial charge in [0.2, 0.25) is 11.8 Å². The Morgan fingerprint density at radius 1 is 0.962 bits per heavy atom. The van der Waals surface area contributed by atoms with Gasteiger partial charge in [0.1, 0.15) is 6.42 Å². The number of nitrogens with one attached hydrogen (secondary N) is 2. The third-order valence-electron chi connectivity index (χ3n) is 3.46. The Kier molecular flexibility index (Phi) is 6.60. The smallest absolute Gasteiger partial charge is 0.337 e. The van der Waals surface area contributed by atoms with Gasteiger partial charge < -0.3 is 15.4 Å². The van der Waals surface area contributed by atoms with E-state index in [-0.39, 0.29) is 16.3 Å². The van der Waals surface area contributed by atoms with E-state index in [0.717, 1.165) is 5.56 Å². The Hall–Kier alpha value is -2.57. The van der Waals surface area contributed by atoms with Gasteiger partial charge in [-0.25, -0.2) is 4.79 Å². The second kappa shape index (κ2) is 8.69. The van der Waals surface area contributed by atoms with Crippen LogP contribution in [0.4, 0.5) is 11.4 Å². The summed E-state index contributed by atoms with van der Waals surface area (Å²) in [6, 6.07) is 9.37. The maximum atomic E-state index is 12.1. The van der Waals surface area contributed by atoms with Crippen molar-refractivity contribution in [2.24, 2.45) is 0 Å². The maximum Gasteiger partial charge on any atom is 0.337 e. The highest BCUT2D eigenvalue weighted by Crippen LogP contribution is 2.24. The van der Waals surface area contributed by atoms with Crippen LogP contribution in [0.3, 0.4) is 0 Å². The molecule has 0 atom stereocenters. The number of esters is 1. The second-order valence-electron chi connectivity index (χ2n) is 5.42. The predicted octanol–water partition coefficient (Wildman–Crippen LogP) is 4.06. The summed E-state index contributed by atoms with van der Waals surface area (Å²) in [4.78, 5) is 35.7. The van der Waals surface area contributed by atoms with Gasteiger partial charge in [0.05, 0.1) is 23.4 Å². The van der Waals surface area contributed by atoms with Crippen molar-refractivity contribution in [2.75, 3.05) is 17.7 Å². The molecule has 6 nitrogen and oxygen atoms in total. The molecule has 0 aromatic heterocycles. The Bertz CT molecular complexity index is 868. The summed E-state index contributed by atoms with van der Waals surface area (Å²) >= 11 is 11.9. The van der Waals surface area contributed by atoms with Crippen LogP contribution >= 0.6 is 23.2 Å². The molecule has 136 valence electrons. The zero-order valence-corrected chi connectivity index (χ0v) is 15.6. The fourth-order valence-electron chi connectivity index (χ4n) is 2.13. The second-order valence-corrected chi connectivity index (χ2v) is 6.26. The molecule has 0 radical (unpaired) electrons. The molecule has 0 saturated heterocycles. The Morgan fingerprint density at radius 3 is 2.27 bits per heavy atom. The number of carbonyl (C=O) groups excluding carboxylic acids is 3. The van der Waals surface area contributed by atoms with Gasteiger partial charge in [0, 0.05) is 10.7 Å². The third-order valence-corrected chi connectivity index (χ3v) is 4.02. The van der Waals surface area contributed by atoms with Gasteiger partial charge in [-0.05, 0) is 42.8 Å². The average Bonchev–Trinajstić information content (AvgIpc) is 2.59. The molecule has 0 heterocycles. The van der Waals surface area contributed by atoms with E-state index in [2.05, 4.69) is 15.4 Å². The first kappa shape index (κ1) is 19.8. The molecule has 0 bridgehead atoms. The van der Waals surface area contributed by atoms with Gasteiger partial charge in [0.15, 0.2) is 0 Å². The SMILES string of the molecule is COC(=O)c1ccc(Cl)c(NC(=O)CC(=O)Nc2cc(Cl)ccc2C)c1. The molecule has 2 amide bonds. The minimum atomic E-state index is -0.578. The number of ether oxygens (including phenoxy) is 1. The lowest BCUT2D eigenvalue weighted by Gasteiger charge is -2.10. The molecule has 0 aliphatic carbocycles. The van der Waals surface area contributed by atoms with Crippen molar-refractivity contribution in [3.8, 4) is 0 Å². The summed E-state index contributed by atoms with van der Waals surface area (Å²) in [5.74, 6) is -1.65. The number of halogens is 2. The number of amides is 2. The largest absolute Gasteiger partial charge is 0.465 e. The summed E-state index contributed by atoms with van der Waals surface area (Å²) < 4.78 is 4.62. The molecule has 2 N–H and O–H groups in total. The number of hydrogen-bond donors (Lipinski definition) is 2. The summed E-state index contributed by atoms with van der Waals surface area (Å²) in [7, 11) is 1.25. The minimum absolute atomic E-state index is 0.214. The molecule has 2 aromatic rings. The lowest BCUT2D eigenvalue weighted by molar-refractivity contribution is -0.123. The van der Waals surface area contributed by atoms with E-state index in [1.807, 2.05) is 6.92 Å². The van der Waals surface area contributed by atoms with Crippen LogP contribution < -0.4 is 10.6 Å². The van der Waals surface area contributed by atoms with E-state index in [0.29, 0.717) is 10.7 Å². The quantitative estimate of drug-likeness (QED) is 0.591. The number of rotatable bonds is 5. The monoisotopic (exact) mass is 394 g/mol. The zero-order chi connectivity index (χ0) is 19.3. The lowest BCUT2D eigenvalue weighted by Crippen LogP contribution is -2.22. The summed E-state index contributed by atoms with van der Waals surface area (Å²) in [5, 5.41) is 5.84. The highest BCUT2D eigenvalue weighted by Gasteiger charge is 2.14. The van der Waals surface area contributed by atoms with Crippen LogP contribution in [0.2, 0.25) is 10.0 Å². The molecule has 0 aliphatic heterocycles. The number of anilines is 2. The van der Waals surface area contributed by atoms with Crippen LogP contribution in [0, 0.1) is 6.92 Å². The molecule has 26 heavy (non-hydrogen) atoms. The molecule has 8 heteroatoms. The third kappa shape index (κ3) is 5.21. The van der Waals surface area contributed by atoms with Crippen LogP contribution in [0.5, 0.6) is 0 Å². The van der Waals surface area contributed by atoms with Crippen molar-refractivity contribution in [1.29, 1.82) is 0 Å². The first-order chi connectivity index (χ1) is 12.3. The summed E-state index contributed by atoms with van der Waals surface area (Å²) in [6.45, 7) is 1.81. The number of methoxy groups -OCH3 is 1. The van der Waals surface area contributed by atoms with Crippen LogP contribution in [-0.2, 0) is 14.3 Å². The maximum absolute atomic E-state index is 12.1. The van der Waals surface area contributed by atoms with Crippen LogP contribution in [0.1, 0.15) is 22.3 Å². The van der Waals surface area contributed by atoms with Crippen LogP contribution in [0.25, 0.3) is 0 Å². The van der Waals surface area contributed by atoms with Gasteiger partial charge in [-0.1, -0.05) is 29.3 Å². The molecular formula is C18H16Cl2N2O4. The van der Waals surface area contributed by atoms with E-state index < -0.39 is 24.2 Å². The topological polar surface area (TPSA) is 84.5 Å². The van der Waals surface area contributed by atoms with Gasteiger partial charge in [-0.2, -0.15) is 0 Å². The summed E-state index contributed by atoms with van der Waals surface area (Å²) in [6.07, 6.45) is -0.426. The van der Waals surface area contributed by atoms with E-state index in [9.17, 15) is 14.4 Å². The van der Waals surface area contributed by atoms with Crippen LogP contribution in [0.15, 0.2) is 36.4 Å².